The molecule has 1 N–H and O–H groups in total. The van der Waals surface area contributed by atoms with Gasteiger partial charge in [-0.1, -0.05) is 63.9 Å². The van der Waals surface area contributed by atoms with Crippen LogP contribution in [0.2, 0.25) is 0 Å². The number of nitrogens with one attached hydrogen (secondary N) is 1. The minimum atomic E-state index is -3.99. The van der Waals surface area contributed by atoms with Gasteiger partial charge in [0.2, 0.25) is 10.0 Å². The molecule has 2 heterocycles. The van der Waals surface area contributed by atoms with E-state index in [1.165, 1.54) is 30.1 Å². The SMILES string of the molecule is CCCCC(C)(C)c1ccc(CC(NS(=O)(=O)c2ccncc2)c2cccc(N(CC(=O)OC(C)(C)C)C(=O)OC(C)(C)C)n2)cc1. The van der Waals surface area contributed by atoms with Crippen molar-refractivity contribution < 1.29 is 27.5 Å². The van der Waals surface area contributed by atoms with Gasteiger partial charge in [0.25, 0.3) is 0 Å². The fourth-order valence-corrected chi connectivity index (χ4v) is 6.11. The molecule has 11 heteroatoms. The molecule has 10 nitrogen and oxygen atoms in total. The average molecular weight is 667 g/mol. The molecule has 0 bridgehead atoms. The van der Waals surface area contributed by atoms with Crippen LogP contribution in [-0.4, -0.2) is 48.2 Å². The molecule has 3 rings (SSSR count). The Kier molecular flexibility index (Phi) is 12.3. The number of esters is 1. The molecular weight excluding hydrogens is 616 g/mol. The van der Waals surface area contributed by atoms with Crippen LogP contribution in [0.1, 0.15) is 104 Å². The van der Waals surface area contributed by atoms with Gasteiger partial charge in [0.15, 0.2) is 0 Å². The Hall–Kier alpha value is -3.83. The molecule has 1 amide bonds. The summed E-state index contributed by atoms with van der Waals surface area (Å²) < 4.78 is 41.0. The van der Waals surface area contributed by atoms with E-state index in [2.05, 4.69) is 42.6 Å². The fraction of sp³-hybridized carbons (Fsp3) is 0.500. The van der Waals surface area contributed by atoms with Crippen molar-refractivity contribution in [1.82, 2.24) is 14.7 Å². The van der Waals surface area contributed by atoms with E-state index in [-0.39, 0.29) is 22.5 Å². The molecule has 1 atom stereocenters. The number of benzene rings is 1. The van der Waals surface area contributed by atoms with E-state index in [1.54, 1.807) is 59.7 Å². The topological polar surface area (TPSA) is 128 Å². The zero-order chi connectivity index (χ0) is 35.0. The third kappa shape index (κ3) is 11.7. The molecule has 0 saturated carbocycles. The predicted octanol–water partition coefficient (Wildman–Crippen LogP) is 7.29. The summed E-state index contributed by atoms with van der Waals surface area (Å²) >= 11 is 0. The normalized spacial score (nSPS) is 13.1. The van der Waals surface area contributed by atoms with E-state index in [9.17, 15) is 18.0 Å². The highest BCUT2D eigenvalue weighted by molar-refractivity contribution is 7.89. The zero-order valence-electron chi connectivity index (χ0n) is 29.2. The van der Waals surface area contributed by atoms with Gasteiger partial charge in [0, 0.05) is 12.4 Å². The number of amides is 1. The van der Waals surface area contributed by atoms with Crippen molar-refractivity contribution in [2.45, 2.75) is 116 Å². The third-order valence-electron chi connectivity index (χ3n) is 7.30. The molecular formula is C36H50N4O6S. The van der Waals surface area contributed by atoms with Crippen molar-refractivity contribution in [1.29, 1.82) is 0 Å². The molecule has 0 aliphatic rings. The lowest BCUT2D eigenvalue weighted by molar-refractivity contribution is -0.153. The van der Waals surface area contributed by atoms with Crippen molar-refractivity contribution in [3.63, 3.8) is 0 Å². The monoisotopic (exact) mass is 666 g/mol. The molecule has 0 aliphatic carbocycles. The van der Waals surface area contributed by atoms with Crippen LogP contribution in [0.4, 0.5) is 10.6 Å². The van der Waals surface area contributed by atoms with Crippen molar-refractivity contribution in [3.8, 4) is 0 Å². The van der Waals surface area contributed by atoms with Crippen LogP contribution in [0.25, 0.3) is 0 Å². The lowest BCUT2D eigenvalue weighted by Gasteiger charge is -2.28. The summed E-state index contributed by atoms with van der Waals surface area (Å²) in [6.45, 7) is 16.6. The maximum Gasteiger partial charge on any atom is 0.416 e. The molecule has 3 aromatic rings. The van der Waals surface area contributed by atoms with Crippen LogP contribution >= 0.6 is 0 Å². The highest BCUT2D eigenvalue weighted by Gasteiger charge is 2.30. The number of rotatable bonds is 13. The first-order chi connectivity index (χ1) is 21.8. The van der Waals surface area contributed by atoms with E-state index in [4.69, 9.17) is 14.5 Å². The Labute approximate surface area is 280 Å². The minimum Gasteiger partial charge on any atom is -0.459 e. The number of carbonyl (C=O) groups excluding carboxylic acids is 2. The molecule has 2 aromatic heterocycles. The zero-order valence-corrected chi connectivity index (χ0v) is 30.0. The molecule has 0 aliphatic heterocycles. The molecule has 47 heavy (non-hydrogen) atoms. The van der Waals surface area contributed by atoms with Gasteiger partial charge in [0.05, 0.1) is 16.6 Å². The summed E-state index contributed by atoms with van der Waals surface area (Å²) in [4.78, 5) is 36.1. The Bertz CT molecular complexity index is 1590. The Morgan fingerprint density at radius 2 is 1.49 bits per heavy atom. The first-order valence-electron chi connectivity index (χ1n) is 16.0. The average Bonchev–Trinajstić information content (AvgIpc) is 2.97. The second-order valence-corrected chi connectivity index (χ2v) is 16.0. The number of ether oxygens (including phenoxy) is 2. The Morgan fingerprint density at radius 1 is 0.872 bits per heavy atom. The first kappa shape index (κ1) is 37.6. The molecule has 0 saturated heterocycles. The second kappa shape index (κ2) is 15.4. The van der Waals surface area contributed by atoms with Crippen molar-refractivity contribution >= 4 is 27.9 Å². The number of anilines is 1. The Morgan fingerprint density at radius 3 is 2.06 bits per heavy atom. The van der Waals surface area contributed by atoms with Crippen molar-refractivity contribution in [2.24, 2.45) is 0 Å². The lowest BCUT2D eigenvalue weighted by atomic mass is 9.80. The molecule has 0 spiro atoms. The number of unbranched alkanes of at least 4 members (excludes halogenated alkanes) is 1. The van der Waals surface area contributed by atoms with E-state index >= 15 is 0 Å². The molecule has 0 fully saturated rings. The summed E-state index contributed by atoms with van der Waals surface area (Å²) in [6, 6.07) is 15.1. The van der Waals surface area contributed by atoms with Crippen LogP contribution in [0.15, 0.2) is 71.9 Å². The van der Waals surface area contributed by atoms with Gasteiger partial charge in [-0.3, -0.25) is 14.7 Å². The Balaban J connectivity index is 2.04. The number of nitrogens with zero attached hydrogens (tertiary/aromatic N) is 3. The first-order valence-corrected chi connectivity index (χ1v) is 17.5. The summed E-state index contributed by atoms with van der Waals surface area (Å²) in [6.07, 6.45) is 5.62. The summed E-state index contributed by atoms with van der Waals surface area (Å²) in [5, 5.41) is 0. The highest BCUT2D eigenvalue weighted by Crippen LogP contribution is 2.30. The quantitative estimate of drug-likeness (QED) is 0.188. The standard InChI is InChI=1S/C36H50N4O6S/c1-10-11-21-36(8,9)27-17-15-26(16-18-27)24-30(39-47(43,44)28-19-22-37-23-20-28)29-13-12-14-31(38-29)40(33(42)46-35(5,6)7)25-32(41)45-34(2,3)4/h12-20,22-23,30,39H,10-11,21,24-25H2,1-9H3. The third-order valence-corrected chi connectivity index (χ3v) is 8.79. The van der Waals surface area contributed by atoms with E-state index in [1.807, 2.05) is 12.1 Å². The summed E-state index contributed by atoms with van der Waals surface area (Å²) in [5.41, 5.74) is 0.840. The molecule has 1 unspecified atom stereocenters. The second-order valence-electron chi connectivity index (χ2n) is 14.3. The van der Waals surface area contributed by atoms with Crippen LogP contribution in [0.5, 0.6) is 0 Å². The van der Waals surface area contributed by atoms with Gasteiger partial charge in [-0.15, -0.1) is 0 Å². The van der Waals surface area contributed by atoms with E-state index in [0.717, 1.165) is 29.7 Å². The van der Waals surface area contributed by atoms with Crippen LogP contribution in [-0.2, 0) is 36.1 Å². The molecule has 1 aromatic carbocycles. The number of sulfonamides is 1. The fourth-order valence-electron chi connectivity index (χ4n) is 4.91. The van der Waals surface area contributed by atoms with Crippen LogP contribution in [0, 0.1) is 0 Å². The van der Waals surface area contributed by atoms with Gasteiger partial charge >= 0.3 is 12.1 Å². The number of aromatic nitrogens is 2. The van der Waals surface area contributed by atoms with Gasteiger partial charge in [-0.2, -0.15) is 0 Å². The highest BCUT2D eigenvalue weighted by atomic mass is 32.2. The van der Waals surface area contributed by atoms with Gasteiger partial charge in [-0.05, 0) is 95.2 Å². The maximum absolute atomic E-state index is 13.5. The van der Waals surface area contributed by atoms with Crippen molar-refractivity contribution in [2.75, 3.05) is 11.4 Å². The van der Waals surface area contributed by atoms with Gasteiger partial charge < -0.3 is 9.47 Å². The van der Waals surface area contributed by atoms with Crippen LogP contribution in [0.3, 0.4) is 0 Å². The summed E-state index contributed by atoms with van der Waals surface area (Å²) in [5.74, 6) is -0.531. The van der Waals surface area contributed by atoms with Crippen LogP contribution < -0.4 is 9.62 Å². The smallest absolute Gasteiger partial charge is 0.416 e. The van der Waals surface area contributed by atoms with E-state index < -0.39 is 45.9 Å². The molecule has 0 radical (unpaired) electrons. The van der Waals surface area contributed by atoms with Crippen molar-refractivity contribution in [3.05, 3.63) is 83.8 Å². The largest absolute Gasteiger partial charge is 0.459 e. The van der Waals surface area contributed by atoms with Gasteiger partial charge in [0.1, 0.15) is 23.6 Å². The maximum atomic E-state index is 13.5. The number of hydrogen-bond acceptors (Lipinski definition) is 8. The lowest BCUT2D eigenvalue weighted by Crippen LogP contribution is -2.42. The number of pyridine rings is 2. The number of hydrogen-bond donors (Lipinski definition) is 1. The predicted molar refractivity (Wildman–Crippen MR) is 184 cm³/mol. The van der Waals surface area contributed by atoms with E-state index in [0.29, 0.717) is 5.69 Å². The van der Waals surface area contributed by atoms with Gasteiger partial charge in [-0.25, -0.2) is 22.9 Å². The summed E-state index contributed by atoms with van der Waals surface area (Å²) in [7, 11) is -3.99. The molecule has 256 valence electrons. The number of carbonyl (C=O) groups is 2. The minimum absolute atomic E-state index is 0.00598.